The first kappa shape index (κ1) is 49.8. The molecule has 0 aromatic heterocycles. The van der Waals surface area contributed by atoms with Crippen LogP contribution in [0.5, 0.6) is 0 Å². The van der Waals surface area contributed by atoms with Crippen molar-refractivity contribution in [3.63, 3.8) is 0 Å². The van der Waals surface area contributed by atoms with Gasteiger partial charge in [-0.3, -0.25) is 9.59 Å². The highest BCUT2D eigenvalue weighted by Crippen LogP contribution is 2.35. The van der Waals surface area contributed by atoms with Crippen LogP contribution in [0.4, 0.5) is 0 Å². The molecule has 0 bridgehead atoms. The van der Waals surface area contributed by atoms with Gasteiger partial charge in [0.25, 0.3) is 0 Å². The van der Waals surface area contributed by atoms with Crippen molar-refractivity contribution in [3.05, 3.63) is 23.8 Å². The Kier molecular flexibility index (Phi) is 19.9. The van der Waals surface area contributed by atoms with Gasteiger partial charge in [-0.25, -0.2) is 0 Å². The number of piperidine rings is 1. The Morgan fingerprint density at radius 3 is 2.12 bits per heavy atom. The van der Waals surface area contributed by atoms with E-state index in [2.05, 4.69) is 4.90 Å². The molecule has 4 N–H and O–H groups in total. The van der Waals surface area contributed by atoms with E-state index in [0.717, 1.165) is 38.0 Å². The molecule has 3 fully saturated rings. The second kappa shape index (κ2) is 23.5. The smallest absolute Gasteiger partial charge is 0.308 e. The Balaban J connectivity index is 1.67. The van der Waals surface area contributed by atoms with Crippen LogP contribution in [0.1, 0.15) is 86.5 Å². The lowest BCUT2D eigenvalue weighted by Gasteiger charge is -2.47. The number of likely N-dealkylation sites (tertiary alicyclic amines) is 1. The molecule has 0 amide bonds. The van der Waals surface area contributed by atoms with Gasteiger partial charge in [0.15, 0.2) is 18.4 Å². The fraction of sp³-hybridized carbons (Fsp3) is 0.864. The van der Waals surface area contributed by atoms with Crippen molar-refractivity contribution in [2.45, 2.75) is 166 Å². The standard InChI is InChI=1S/C44H76N2O13/c1-11-34-31(24-55-44-42(54-10)41(53-9)38(51)29(6)57-44)21-25(2)15-16-32(47)26(3)22-30(17-20-46-18-13-12-14-19-46)40(27(4)33(48)23-35(49)58-34)59-43-39(52)36(45(7)8)37(50)28(5)56-43/h15-16,21,26-31,33-34,36-44,48,50-52H,11-14,17-20,22-24H2,1-10H3/t26-,27+,28-,29-,30+,31?,33-,34-,36+,37-,38-,39-,40-,41-,42-,43+,44-/m1/s1. The minimum atomic E-state index is -1.22. The fourth-order valence-electron chi connectivity index (χ4n) is 9.22. The van der Waals surface area contributed by atoms with Crippen LogP contribution < -0.4 is 0 Å². The number of carbonyl (C=O) groups excluding carboxylic acids is 2. The Hall–Kier alpha value is -1.86. The topological polar surface area (TPSA) is 186 Å². The van der Waals surface area contributed by atoms with Gasteiger partial charge in [0, 0.05) is 32.0 Å². The summed E-state index contributed by atoms with van der Waals surface area (Å²) in [5.41, 5.74) is 0.763. The molecule has 3 saturated heterocycles. The predicted octanol–water partition coefficient (Wildman–Crippen LogP) is 2.85. The second-order valence-corrected chi connectivity index (χ2v) is 17.6. The quantitative estimate of drug-likeness (QED) is 0.210. The third-order valence-corrected chi connectivity index (χ3v) is 13.0. The number of hydrogen-bond acceptors (Lipinski definition) is 15. The lowest BCUT2D eigenvalue weighted by molar-refractivity contribution is -0.304. The average molecular weight is 841 g/mol. The third kappa shape index (κ3) is 13.3. The molecule has 4 aliphatic heterocycles. The van der Waals surface area contributed by atoms with Crippen molar-refractivity contribution in [1.82, 2.24) is 9.80 Å². The van der Waals surface area contributed by atoms with E-state index >= 15 is 0 Å². The number of aliphatic hydroxyl groups excluding tert-OH is 4. The Morgan fingerprint density at radius 2 is 1.49 bits per heavy atom. The molecule has 15 nitrogen and oxygen atoms in total. The number of likely N-dealkylation sites (N-methyl/N-ethyl adjacent to an activating group) is 1. The molecule has 0 aromatic carbocycles. The number of ketones is 1. The zero-order valence-corrected chi connectivity index (χ0v) is 37.2. The van der Waals surface area contributed by atoms with Crippen molar-refractivity contribution < 1.29 is 63.2 Å². The highest BCUT2D eigenvalue weighted by atomic mass is 16.7. The Morgan fingerprint density at radius 1 is 0.847 bits per heavy atom. The number of nitrogens with zero attached hydrogens (tertiary/aromatic N) is 2. The summed E-state index contributed by atoms with van der Waals surface area (Å²) in [4.78, 5) is 31.9. The van der Waals surface area contributed by atoms with E-state index in [1.54, 1.807) is 45.0 Å². The van der Waals surface area contributed by atoms with Crippen LogP contribution in [0.3, 0.4) is 0 Å². The van der Waals surface area contributed by atoms with Crippen LogP contribution in [-0.4, -0.2) is 176 Å². The van der Waals surface area contributed by atoms with E-state index in [1.165, 1.54) is 20.6 Å². The number of cyclic esters (lactones) is 1. The maximum atomic E-state index is 13.9. The Labute approximate surface area is 352 Å². The number of hydrogen-bond donors (Lipinski definition) is 4. The molecule has 0 aromatic rings. The highest BCUT2D eigenvalue weighted by Gasteiger charge is 2.48. The number of methoxy groups -OCH3 is 2. The van der Waals surface area contributed by atoms with Crippen LogP contribution in [0, 0.1) is 23.7 Å². The largest absolute Gasteiger partial charge is 0.462 e. The van der Waals surface area contributed by atoms with E-state index in [-0.39, 0.29) is 24.7 Å². The SMILES string of the molecule is CC[C@H]1OC(=O)C[C@@H](O)[C@H](C)[C@@H](O[C@@H]2O[C@H](C)[C@@H](O)[C@H](N(C)C)[C@H]2O)[C@@H](CCN2CCCCC2)C[C@@H](C)C(=O)C=CC(C)=CC1CO[C@@H]1O[C@H](C)[C@@H](O)[C@@H](OC)[C@H]1OC. The molecule has 17 atom stereocenters. The first-order chi connectivity index (χ1) is 28.0. The number of allylic oxidation sites excluding steroid dienone is 3. The summed E-state index contributed by atoms with van der Waals surface area (Å²) in [6.45, 7) is 13.7. The lowest BCUT2D eigenvalue weighted by Crippen LogP contribution is -2.63. The van der Waals surface area contributed by atoms with Crippen molar-refractivity contribution in [3.8, 4) is 0 Å². The monoisotopic (exact) mass is 841 g/mol. The van der Waals surface area contributed by atoms with Gasteiger partial charge in [0.05, 0.1) is 49.6 Å². The van der Waals surface area contributed by atoms with Crippen LogP contribution >= 0.6 is 0 Å². The summed E-state index contributed by atoms with van der Waals surface area (Å²) < 4.78 is 42.5. The number of esters is 1. The number of aliphatic hydroxyl groups is 4. The minimum absolute atomic E-state index is 0.0451. The van der Waals surface area contributed by atoms with Crippen LogP contribution in [0.15, 0.2) is 23.8 Å². The highest BCUT2D eigenvalue weighted by molar-refractivity contribution is 5.91. The molecular formula is C44H76N2O13. The van der Waals surface area contributed by atoms with Crippen molar-refractivity contribution >= 4 is 11.8 Å². The molecule has 15 heteroatoms. The summed E-state index contributed by atoms with van der Waals surface area (Å²) in [5.74, 6) is -2.50. The fourth-order valence-corrected chi connectivity index (χ4v) is 9.22. The van der Waals surface area contributed by atoms with Gasteiger partial charge in [-0.15, -0.1) is 0 Å². The van der Waals surface area contributed by atoms with Crippen molar-refractivity contribution in [2.75, 3.05) is 54.6 Å². The molecule has 59 heavy (non-hydrogen) atoms. The van der Waals surface area contributed by atoms with E-state index in [0.29, 0.717) is 19.3 Å². The number of rotatable bonds is 12. The van der Waals surface area contributed by atoms with Crippen LogP contribution in [0.25, 0.3) is 0 Å². The molecule has 4 aliphatic rings. The van der Waals surface area contributed by atoms with E-state index < -0.39 is 103 Å². The zero-order chi connectivity index (χ0) is 43.6. The normalized spacial score (nSPS) is 41.5. The first-order valence-corrected chi connectivity index (χ1v) is 21.8. The van der Waals surface area contributed by atoms with Gasteiger partial charge in [0.1, 0.15) is 30.5 Å². The summed E-state index contributed by atoms with van der Waals surface area (Å²) >= 11 is 0. The van der Waals surface area contributed by atoms with Crippen LogP contribution in [0.2, 0.25) is 0 Å². The van der Waals surface area contributed by atoms with E-state index in [4.69, 9.17) is 33.2 Å². The lowest BCUT2D eigenvalue weighted by atomic mass is 9.79. The maximum Gasteiger partial charge on any atom is 0.308 e. The van der Waals surface area contributed by atoms with E-state index in [1.807, 2.05) is 33.8 Å². The summed E-state index contributed by atoms with van der Waals surface area (Å²) in [6, 6.07) is -0.678. The molecule has 4 rings (SSSR count). The summed E-state index contributed by atoms with van der Waals surface area (Å²) in [5, 5.41) is 45.1. The molecular weight excluding hydrogens is 764 g/mol. The molecule has 4 heterocycles. The maximum absolute atomic E-state index is 13.9. The van der Waals surface area contributed by atoms with Gasteiger partial charge < -0.3 is 63.4 Å². The summed E-state index contributed by atoms with van der Waals surface area (Å²) in [6.07, 6.45) is -0.601. The van der Waals surface area contributed by atoms with Crippen molar-refractivity contribution in [1.29, 1.82) is 0 Å². The molecule has 1 unspecified atom stereocenters. The van der Waals surface area contributed by atoms with Gasteiger partial charge in [0.2, 0.25) is 0 Å². The molecule has 0 aliphatic carbocycles. The predicted molar refractivity (Wildman–Crippen MR) is 220 cm³/mol. The Bertz CT molecular complexity index is 1360. The van der Waals surface area contributed by atoms with Gasteiger partial charge >= 0.3 is 5.97 Å². The average Bonchev–Trinajstić information content (AvgIpc) is 3.20. The molecule has 0 radical (unpaired) electrons. The third-order valence-electron chi connectivity index (χ3n) is 13.0. The van der Waals surface area contributed by atoms with E-state index in [9.17, 15) is 30.0 Å². The van der Waals surface area contributed by atoms with Crippen molar-refractivity contribution in [2.24, 2.45) is 23.7 Å². The number of carbonyl (C=O) groups is 2. The van der Waals surface area contributed by atoms with Crippen LogP contribution in [-0.2, 0) is 42.7 Å². The summed E-state index contributed by atoms with van der Waals surface area (Å²) in [7, 11) is 6.53. The van der Waals surface area contributed by atoms with Gasteiger partial charge in [-0.1, -0.05) is 44.9 Å². The minimum Gasteiger partial charge on any atom is -0.462 e. The molecule has 340 valence electrons. The zero-order valence-electron chi connectivity index (χ0n) is 37.2. The molecule has 0 spiro atoms. The van der Waals surface area contributed by atoms with Gasteiger partial charge in [-0.2, -0.15) is 0 Å². The second-order valence-electron chi connectivity index (χ2n) is 17.6. The first-order valence-electron chi connectivity index (χ1n) is 21.8. The number of ether oxygens (including phenoxy) is 7. The van der Waals surface area contributed by atoms with Gasteiger partial charge in [-0.05, 0) is 98.6 Å². The molecule has 0 saturated carbocycles.